The number of hydrogen-bond acceptors (Lipinski definition) is 2. The van der Waals surface area contributed by atoms with Crippen LogP contribution in [0.1, 0.15) is 33.1 Å². The summed E-state index contributed by atoms with van der Waals surface area (Å²) in [7, 11) is 0. The average Bonchev–Trinajstić information content (AvgIpc) is 2.63. The third-order valence-corrected chi connectivity index (χ3v) is 3.90. The van der Waals surface area contributed by atoms with E-state index in [0.29, 0.717) is 30.8 Å². The molecule has 3 nitrogen and oxygen atoms in total. The average molecular weight is 195 g/mol. The molecule has 0 N–H and O–H groups in total. The van der Waals surface area contributed by atoms with Gasteiger partial charge in [0.1, 0.15) is 0 Å². The Kier molecular flexibility index (Phi) is 2.33. The Morgan fingerprint density at radius 1 is 1.21 bits per heavy atom. The van der Waals surface area contributed by atoms with Crippen molar-refractivity contribution in [1.82, 2.24) is 4.90 Å². The van der Waals surface area contributed by atoms with Crippen molar-refractivity contribution in [2.24, 2.45) is 11.8 Å². The van der Waals surface area contributed by atoms with Crippen LogP contribution in [0.4, 0.5) is 0 Å². The Morgan fingerprint density at radius 2 is 1.93 bits per heavy atom. The fourth-order valence-electron chi connectivity index (χ4n) is 2.69. The van der Waals surface area contributed by atoms with Gasteiger partial charge in [-0.15, -0.1) is 0 Å². The Hall–Kier alpha value is -0.860. The van der Waals surface area contributed by atoms with Crippen LogP contribution >= 0.6 is 0 Å². The van der Waals surface area contributed by atoms with Crippen LogP contribution in [0.3, 0.4) is 0 Å². The van der Waals surface area contributed by atoms with Crippen molar-refractivity contribution in [3.05, 3.63) is 0 Å². The molecule has 1 heterocycles. The van der Waals surface area contributed by atoms with Gasteiger partial charge in [0, 0.05) is 19.0 Å². The molecule has 2 aliphatic rings. The van der Waals surface area contributed by atoms with E-state index in [1.165, 1.54) is 6.42 Å². The van der Waals surface area contributed by atoms with Crippen molar-refractivity contribution < 1.29 is 9.59 Å². The lowest BCUT2D eigenvalue weighted by molar-refractivity contribution is -0.141. The van der Waals surface area contributed by atoms with Gasteiger partial charge in [-0.3, -0.25) is 9.59 Å². The van der Waals surface area contributed by atoms with Gasteiger partial charge < -0.3 is 4.90 Å². The van der Waals surface area contributed by atoms with Gasteiger partial charge in [0.15, 0.2) is 0 Å². The summed E-state index contributed by atoms with van der Waals surface area (Å²) in [6.45, 7) is 5.07. The summed E-state index contributed by atoms with van der Waals surface area (Å²) in [6, 6.07) is 0.323. The van der Waals surface area contributed by atoms with Gasteiger partial charge in [-0.2, -0.15) is 0 Å². The lowest BCUT2D eigenvalue weighted by atomic mass is 9.97. The molecule has 3 unspecified atom stereocenters. The second-order valence-electron chi connectivity index (χ2n) is 4.65. The molecule has 1 amide bonds. The summed E-state index contributed by atoms with van der Waals surface area (Å²) in [5.74, 6) is 0.793. The van der Waals surface area contributed by atoms with Gasteiger partial charge >= 0.3 is 0 Å². The third-order valence-electron chi connectivity index (χ3n) is 3.90. The fraction of sp³-hybridized carbons (Fsp3) is 0.818. The molecule has 2 rings (SSSR count). The SMILES string of the molecule is CC1CCC(N2CCC(=O)C2=O)C1C. The number of Topliss-reactive ketones (excluding diaryl/α,β-unsaturated/α-hetero) is 1. The molecule has 14 heavy (non-hydrogen) atoms. The van der Waals surface area contributed by atoms with Crippen molar-refractivity contribution in [2.45, 2.75) is 39.2 Å². The molecule has 0 aromatic rings. The zero-order chi connectivity index (χ0) is 10.3. The summed E-state index contributed by atoms with van der Waals surface area (Å²) in [5, 5.41) is 0. The number of likely N-dealkylation sites (tertiary alicyclic amines) is 1. The summed E-state index contributed by atoms with van der Waals surface area (Å²) in [6.07, 6.45) is 2.68. The summed E-state index contributed by atoms with van der Waals surface area (Å²) < 4.78 is 0. The van der Waals surface area contributed by atoms with Gasteiger partial charge in [0.25, 0.3) is 5.91 Å². The zero-order valence-corrected chi connectivity index (χ0v) is 8.82. The molecular weight excluding hydrogens is 178 g/mol. The fourth-order valence-corrected chi connectivity index (χ4v) is 2.69. The monoisotopic (exact) mass is 195 g/mol. The first kappa shape index (κ1) is 9.69. The van der Waals surface area contributed by atoms with E-state index >= 15 is 0 Å². The van der Waals surface area contributed by atoms with Gasteiger partial charge in [-0.25, -0.2) is 0 Å². The van der Waals surface area contributed by atoms with E-state index in [-0.39, 0.29) is 11.7 Å². The third kappa shape index (κ3) is 1.35. The van der Waals surface area contributed by atoms with Gasteiger partial charge in [-0.05, 0) is 24.7 Å². The van der Waals surface area contributed by atoms with Crippen molar-refractivity contribution in [1.29, 1.82) is 0 Å². The first-order valence-corrected chi connectivity index (χ1v) is 5.45. The first-order chi connectivity index (χ1) is 6.61. The van der Waals surface area contributed by atoms with E-state index in [2.05, 4.69) is 13.8 Å². The minimum Gasteiger partial charge on any atom is -0.332 e. The van der Waals surface area contributed by atoms with Crippen molar-refractivity contribution >= 4 is 11.7 Å². The lowest BCUT2D eigenvalue weighted by Gasteiger charge is -2.27. The Morgan fingerprint density at radius 3 is 2.36 bits per heavy atom. The maximum atomic E-state index is 11.5. The van der Waals surface area contributed by atoms with E-state index < -0.39 is 0 Å². The first-order valence-electron chi connectivity index (χ1n) is 5.45. The van der Waals surface area contributed by atoms with Crippen LogP contribution in [0.15, 0.2) is 0 Å². The Labute approximate surface area is 84.5 Å². The highest BCUT2D eigenvalue weighted by molar-refractivity contribution is 6.37. The highest BCUT2D eigenvalue weighted by atomic mass is 16.2. The topological polar surface area (TPSA) is 37.4 Å². The standard InChI is InChI=1S/C11H17NO2/c1-7-3-4-9(8(7)2)12-6-5-10(13)11(12)14/h7-9H,3-6H2,1-2H3. The van der Waals surface area contributed by atoms with Crippen LogP contribution in [-0.4, -0.2) is 29.2 Å². The number of carbonyl (C=O) groups excluding carboxylic acids is 2. The number of carbonyl (C=O) groups is 2. The van der Waals surface area contributed by atoms with Gasteiger partial charge in [0.2, 0.25) is 5.78 Å². The lowest BCUT2D eigenvalue weighted by Crippen LogP contribution is -2.39. The van der Waals surface area contributed by atoms with Crippen molar-refractivity contribution in [3.63, 3.8) is 0 Å². The van der Waals surface area contributed by atoms with Gasteiger partial charge in [-0.1, -0.05) is 13.8 Å². The second kappa shape index (κ2) is 3.37. The molecule has 1 saturated carbocycles. The minimum absolute atomic E-state index is 0.197. The molecule has 1 aliphatic carbocycles. The van der Waals surface area contributed by atoms with E-state index in [9.17, 15) is 9.59 Å². The molecule has 1 aliphatic heterocycles. The molecule has 1 saturated heterocycles. The number of ketones is 1. The molecule has 78 valence electrons. The van der Waals surface area contributed by atoms with E-state index in [0.717, 1.165) is 6.42 Å². The van der Waals surface area contributed by atoms with Crippen LogP contribution in [0.5, 0.6) is 0 Å². The molecule has 0 aromatic heterocycles. The summed E-state index contributed by atoms with van der Waals surface area (Å²) in [5.41, 5.74) is 0. The molecule has 3 heteroatoms. The van der Waals surface area contributed by atoms with Gasteiger partial charge in [0.05, 0.1) is 0 Å². The molecule has 3 atom stereocenters. The predicted octanol–water partition coefficient (Wildman–Crippen LogP) is 1.22. The Bertz CT molecular complexity index is 274. The maximum Gasteiger partial charge on any atom is 0.290 e. The van der Waals surface area contributed by atoms with Crippen molar-refractivity contribution in [2.75, 3.05) is 6.54 Å². The van der Waals surface area contributed by atoms with E-state index in [1.807, 2.05) is 0 Å². The molecule has 0 spiro atoms. The highest BCUT2D eigenvalue weighted by Gasteiger charge is 2.40. The van der Waals surface area contributed by atoms with E-state index in [1.54, 1.807) is 4.90 Å². The summed E-state index contributed by atoms with van der Waals surface area (Å²) in [4.78, 5) is 24.5. The zero-order valence-electron chi connectivity index (χ0n) is 8.82. The van der Waals surface area contributed by atoms with Crippen LogP contribution in [-0.2, 0) is 9.59 Å². The van der Waals surface area contributed by atoms with E-state index in [4.69, 9.17) is 0 Å². The molecular formula is C11H17NO2. The smallest absolute Gasteiger partial charge is 0.290 e. The molecule has 0 bridgehead atoms. The normalized spacial score (nSPS) is 38.4. The number of nitrogens with zero attached hydrogens (tertiary/aromatic N) is 1. The molecule has 2 fully saturated rings. The molecule has 0 aromatic carbocycles. The van der Waals surface area contributed by atoms with Crippen LogP contribution < -0.4 is 0 Å². The second-order valence-corrected chi connectivity index (χ2v) is 4.65. The molecule has 0 radical (unpaired) electrons. The quantitative estimate of drug-likeness (QED) is 0.590. The number of amides is 1. The maximum absolute atomic E-state index is 11.5. The number of hydrogen-bond donors (Lipinski definition) is 0. The highest BCUT2D eigenvalue weighted by Crippen LogP contribution is 2.35. The number of rotatable bonds is 1. The largest absolute Gasteiger partial charge is 0.332 e. The summed E-state index contributed by atoms with van der Waals surface area (Å²) >= 11 is 0. The minimum atomic E-state index is -0.240. The van der Waals surface area contributed by atoms with Crippen LogP contribution in [0.25, 0.3) is 0 Å². The predicted molar refractivity (Wildman–Crippen MR) is 52.7 cm³/mol. The Balaban J connectivity index is 2.09. The van der Waals surface area contributed by atoms with Crippen molar-refractivity contribution in [3.8, 4) is 0 Å². The van der Waals surface area contributed by atoms with Crippen LogP contribution in [0.2, 0.25) is 0 Å². The van der Waals surface area contributed by atoms with Crippen LogP contribution in [0, 0.1) is 11.8 Å².